The fourth-order valence-electron chi connectivity index (χ4n) is 3.01. The second kappa shape index (κ2) is 5.92. The lowest BCUT2D eigenvalue weighted by molar-refractivity contribution is -0.119. The molecule has 0 radical (unpaired) electrons. The Morgan fingerprint density at radius 2 is 1.86 bits per heavy atom. The van der Waals surface area contributed by atoms with Crippen molar-refractivity contribution in [1.29, 1.82) is 0 Å². The van der Waals surface area contributed by atoms with E-state index in [0.29, 0.717) is 6.42 Å². The number of amides is 1. The highest BCUT2D eigenvalue weighted by Crippen LogP contribution is 2.41. The van der Waals surface area contributed by atoms with Crippen LogP contribution in [0.3, 0.4) is 0 Å². The van der Waals surface area contributed by atoms with E-state index in [2.05, 4.69) is 10.0 Å². The van der Waals surface area contributed by atoms with Crippen molar-refractivity contribution < 1.29 is 4.79 Å². The van der Waals surface area contributed by atoms with Gasteiger partial charge < -0.3 is 4.90 Å². The first kappa shape index (κ1) is 14.2. The molecule has 0 fully saturated rings. The predicted octanol–water partition coefficient (Wildman–Crippen LogP) is 4.19. The maximum absolute atomic E-state index is 12.5. The first-order valence-corrected chi connectivity index (χ1v) is 7.18. The van der Waals surface area contributed by atoms with E-state index in [1.165, 1.54) is 0 Å². The molecule has 2 atom stereocenters. The monoisotopic (exact) mass is 292 g/mol. The van der Waals surface area contributed by atoms with Gasteiger partial charge >= 0.3 is 0 Å². The van der Waals surface area contributed by atoms with Crippen LogP contribution in [0.5, 0.6) is 0 Å². The molecule has 0 N–H and O–H groups in total. The third-order valence-electron chi connectivity index (χ3n) is 4.14. The van der Waals surface area contributed by atoms with Crippen LogP contribution in [0.2, 0.25) is 0 Å². The van der Waals surface area contributed by atoms with Crippen LogP contribution >= 0.6 is 0 Å². The summed E-state index contributed by atoms with van der Waals surface area (Å²) in [5, 5.41) is 3.90. The Bertz CT molecular complexity index is 737. The van der Waals surface area contributed by atoms with Gasteiger partial charge in [0, 0.05) is 17.6 Å². The van der Waals surface area contributed by atoms with E-state index >= 15 is 0 Å². The van der Waals surface area contributed by atoms with Gasteiger partial charge in [-0.25, -0.2) is 0 Å². The molecule has 2 aromatic rings. The number of fused-ring (bicyclic) bond motifs is 1. The largest absolute Gasteiger partial charge is 0.315 e. The third kappa shape index (κ3) is 2.43. The number of anilines is 1. The lowest BCUT2D eigenvalue weighted by Gasteiger charge is -2.16. The second-order valence-corrected chi connectivity index (χ2v) is 5.38. The Balaban J connectivity index is 1.94. The summed E-state index contributed by atoms with van der Waals surface area (Å²) < 4.78 is 0. The number of carbonyl (C=O) groups is 1. The van der Waals surface area contributed by atoms with Gasteiger partial charge in [0.05, 0.1) is 12.0 Å². The SMILES string of the molecule is CN1C(=O)[C@H](CC(N=[N+]=[N-])c2ccccc2)c2ccccc21. The number of rotatable bonds is 4. The summed E-state index contributed by atoms with van der Waals surface area (Å²) in [6.45, 7) is 0. The number of carbonyl (C=O) groups excluding carboxylic acids is 1. The minimum atomic E-state index is -0.347. The van der Waals surface area contributed by atoms with Gasteiger partial charge in [0.25, 0.3) is 0 Å². The van der Waals surface area contributed by atoms with E-state index < -0.39 is 0 Å². The highest BCUT2D eigenvalue weighted by atomic mass is 16.2. The quantitative estimate of drug-likeness (QED) is 0.473. The van der Waals surface area contributed by atoms with Crippen molar-refractivity contribution >= 4 is 11.6 Å². The van der Waals surface area contributed by atoms with Gasteiger partial charge in [0.1, 0.15) is 0 Å². The van der Waals surface area contributed by atoms with Crippen LogP contribution in [0.25, 0.3) is 10.4 Å². The van der Waals surface area contributed by atoms with E-state index in [0.717, 1.165) is 16.8 Å². The molecule has 1 aliphatic heterocycles. The maximum Gasteiger partial charge on any atom is 0.234 e. The van der Waals surface area contributed by atoms with E-state index in [1.54, 1.807) is 11.9 Å². The highest BCUT2D eigenvalue weighted by molar-refractivity contribution is 6.04. The van der Waals surface area contributed by atoms with Gasteiger partial charge in [-0.3, -0.25) is 4.79 Å². The van der Waals surface area contributed by atoms with Crippen LogP contribution < -0.4 is 4.90 Å². The molecule has 0 bridgehead atoms. The minimum absolute atomic E-state index is 0.0512. The van der Waals surface area contributed by atoms with E-state index in [9.17, 15) is 4.79 Å². The number of hydrogen-bond acceptors (Lipinski definition) is 2. The van der Waals surface area contributed by atoms with Crippen LogP contribution in [0, 0.1) is 0 Å². The summed E-state index contributed by atoms with van der Waals surface area (Å²) in [7, 11) is 1.78. The summed E-state index contributed by atoms with van der Waals surface area (Å²) in [6.07, 6.45) is 0.480. The summed E-state index contributed by atoms with van der Waals surface area (Å²) in [6, 6.07) is 17.0. The molecule has 5 heteroatoms. The molecule has 0 aliphatic carbocycles. The van der Waals surface area contributed by atoms with Crippen LogP contribution in [0.4, 0.5) is 5.69 Å². The van der Waals surface area contributed by atoms with Gasteiger partial charge in [-0.1, -0.05) is 53.6 Å². The van der Waals surface area contributed by atoms with Gasteiger partial charge in [0.15, 0.2) is 0 Å². The first-order chi connectivity index (χ1) is 10.7. The molecule has 0 saturated carbocycles. The van der Waals surface area contributed by atoms with Crippen molar-refractivity contribution in [1.82, 2.24) is 0 Å². The lowest BCUT2D eigenvalue weighted by atomic mass is 9.90. The smallest absolute Gasteiger partial charge is 0.234 e. The zero-order valence-electron chi connectivity index (χ0n) is 12.3. The number of para-hydroxylation sites is 1. The molecule has 1 heterocycles. The van der Waals surface area contributed by atoms with Gasteiger partial charge in [-0.15, -0.1) is 0 Å². The zero-order valence-corrected chi connectivity index (χ0v) is 12.3. The van der Waals surface area contributed by atoms with Crippen molar-refractivity contribution in [2.45, 2.75) is 18.4 Å². The molecule has 110 valence electrons. The van der Waals surface area contributed by atoms with Crippen LogP contribution in [-0.4, -0.2) is 13.0 Å². The number of benzene rings is 2. The molecule has 0 aromatic heterocycles. The summed E-state index contributed by atoms with van der Waals surface area (Å²) in [5.41, 5.74) is 11.7. The topological polar surface area (TPSA) is 69.1 Å². The van der Waals surface area contributed by atoms with Crippen molar-refractivity contribution in [3.63, 3.8) is 0 Å². The Morgan fingerprint density at radius 1 is 1.18 bits per heavy atom. The third-order valence-corrected chi connectivity index (χ3v) is 4.14. The van der Waals surface area contributed by atoms with Crippen molar-refractivity contribution in [3.8, 4) is 0 Å². The normalized spacial score (nSPS) is 17.8. The van der Waals surface area contributed by atoms with E-state index in [-0.39, 0.29) is 17.9 Å². The molecule has 2 aromatic carbocycles. The maximum atomic E-state index is 12.5. The molecule has 1 amide bonds. The van der Waals surface area contributed by atoms with Crippen LogP contribution in [0.15, 0.2) is 59.7 Å². The first-order valence-electron chi connectivity index (χ1n) is 7.18. The van der Waals surface area contributed by atoms with Crippen molar-refractivity contribution in [3.05, 3.63) is 76.2 Å². The molecule has 0 spiro atoms. The molecule has 3 rings (SSSR count). The molecule has 1 aliphatic rings. The molecule has 1 unspecified atom stereocenters. The zero-order chi connectivity index (χ0) is 15.5. The Morgan fingerprint density at radius 3 is 2.59 bits per heavy atom. The predicted molar refractivity (Wildman–Crippen MR) is 85.5 cm³/mol. The van der Waals surface area contributed by atoms with Gasteiger partial charge in [-0.2, -0.15) is 0 Å². The molecule has 22 heavy (non-hydrogen) atoms. The standard InChI is InChI=1S/C17H16N4O/c1-21-16-10-6-5-9-13(16)14(17(21)22)11-15(19-20-18)12-7-3-2-4-8-12/h2-10,14-15H,11H2,1H3/t14-,15?/m1/s1. The second-order valence-electron chi connectivity index (χ2n) is 5.38. The van der Waals surface area contributed by atoms with Gasteiger partial charge in [-0.05, 0) is 29.1 Å². The molecular weight excluding hydrogens is 276 g/mol. The van der Waals surface area contributed by atoms with Crippen molar-refractivity contribution in [2.75, 3.05) is 11.9 Å². The molecule has 0 saturated heterocycles. The number of nitrogens with zero attached hydrogens (tertiary/aromatic N) is 4. The van der Waals surface area contributed by atoms with E-state index in [1.807, 2.05) is 54.6 Å². The Hall–Kier alpha value is -2.78. The lowest BCUT2D eigenvalue weighted by Crippen LogP contribution is -2.24. The Kier molecular flexibility index (Phi) is 3.81. The molecular formula is C17H16N4O. The van der Waals surface area contributed by atoms with Crippen molar-refractivity contribution in [2.24, 2.45) is 5.11 Å². The highest BCUT2D eigenvalue weighted by Gasteiger charge is 2.36. The van der Waals surface area contributed by atoms with E-state index in [4.69, 9.17) is 5.53 Å². The average molecular weight is 292 g/mol. The summed E-state index contributed by atoms with van der Waals surface area (Å²) in [5.74, 6) is -0.216. The summed E-state index contributed by atoms with van der Waals surface area (Å²) in [4.78, 5) is 17.2. The number of hydrogen-bond donors (Lipinski definition) is 0. The minimum Gasteiger partial charge on any atom is -0.315 e. The summed E-state index contributed by atoms with van der Waals surface area (Å²) >= 11 is 0. The van der Waals surface area contributed by atoms with Gasteiger partial charge in [0.2, 0.25) is 5.91 Å². The average Bonchev–Trinajstić information content (AvgIpc) is 2.80. The number of azide groups is 1. The molecule has 5 nitrogen and oxygen atoms in total. The van der Waals surface area contributed by atoms with Crippen LogP contribution in [0.1, 0.15) is 29.5 Å². The Labute approximate surface area is 128 Å². The fraction of sp³-hybridized carbons (Fsp3) is 0.235. The van der Waals surface area contributed by atoms with Crippen LogP contribution in [-0.2, 0) is 4.79 Å². The number of likely N-dealkylation sites (N-methyl/N-ethyl adjacent to an activating group) is 1. The fourth-order valence-corrected chi connectivity index (χ4v) is 3.01.